The van der Waals surface area contributed by atoms with E-state index in [0.29, 0.717) is 6.54 Å². The fraction of sp³-hybridized carbons (Fsp3) is 0.600. The lowest BCUT2D eigenvalue weighted by molar-refractivity contribution is -0.137. The van der Waals surface area contributed by atoms with Crippen molar-refractivity contribution >= 4 is 11.8 Å². The Morgan fingerprint density at radius 2 is 1.85 bits per heavy atom. The molecule has 0 spiro atoms. The zero-order valence-corrected chi connectivity index (χ0v) is 7.75. The minimum absolute atomic E-state index is 0.148. The fourth-order valence-electron chi connectivity index (χ4n) is 1.72. The van der Waals surface area contributed by atoms with E-state index in [9.17, 15) is 9.59 Å². The number of hydrogen-bond donors (Lipinski definition) is 0. The summed E-state index contributed by atoms with van der Waals surface area (Å²) in [7, 11) is 0. The van der Waals surface area contributed by atoms with E-state index >= 15 is 0 Å². The molecule has 0 aromatic carbocycles. The van der Waals surface area contributed by atoms with E-state index in [4.69, 9.17) is 0 Å². The minimum atomic E-state index is -0.148. The summed E-state index contributed by atoms with van der Waals surface area (Å²) >= 11 is 0. The zero-order valence-electron chi connectivity index (χ0n) is 7.75. The van der Waals surface area contributed by atoms with Gasteiger partial charge < -0.3 is 0 Å². The molecule has 1 saturated carbocycles. The van der Waals surface area contributed by atoms with Gasteiger partial charge >= 0.3 is 0 Å². The second-order valence-corrected chi connectivity index (χ2v) is 3.95. The van der Waals surface area contributed by atoms with E-state index in [-0.39, 0.29) is 17.2 Å². The van der Waals surface area contributed by atoms with Crippen LogP contribution in [0.5, 0.6) is 0 Å². The first-order chi connectivity index (χ1) is 6.17. The van der Waals surface area contributed by atoms with Crippen LogP contribution in [0.15, 0.2) is 12.2 Å². The van der Waals surface area contributed by atoms with Gasteiger partial charge in [0.25, 0.3) is 11.8 Å². The monoisotopic (exact) mass is 179 g/mol. The van der Waals surface area contributed by atoms with Crippen molar-refractivity contribution < 1.29 is 9.59 Å². The van der Waals surface area contributed by atoms with Crippen LogP contribution in [0.4, 0.5) is 0 Å². The average Bonchev–Trinajstić information content (AvgIpc) is 2.84. The molecule has 0 aromatic rings. The quantitative estimate of drug-likeness (QED) is 0.608. The molecule has 0 unspecified atom stereocenters. The Balaban J connectivity index is 2.03. The predicted octanol–water partition coefficient (Wildman–Crippen LogP) is 1.10. The minimum Gasteiger partial charge on any atom is -0.275 e. The second kappa shape index (κ2) is 2.69. The highest BCUT2D eigenvalue weighted by molar-refractivity contribution is 6.12. The molecule has 0 atom stereocenters. The lowest BCUT2D eigenvalue weighted by atomic mass is 10.0. The standard InChI is InChI=1S/C10H13NO2/c1-2-10(5-6-10)7-11-8(12)3-4-9(11)13/h3-4H,2,5-7H2,1H3. The van der Waals surface area contributed by atoms with Crippen molar-refractivity contribution in [2.24, 2.45) is 5.41 Å². The van der Waals surface area contributed by atoms with Gasteiger partial charge in [0.15, 0.2) is 0 Å². The van der Waals surface area contributed by atoms with Gasteiger partial charge in [0.1, 0.15) is 0 Å². The topological polar surface area (TPSA) is 37.4 Å². The summed E-state index contributed by atoms with van der Waals surface area (Å²) in [4.78, 5) is 23.8. The van der Waals surface area contributed by atoms with Crippen LogP contribution < -0.4 is 0 Å². The summed E-state index contributed by atoms with van der Waals surface area (Å²) in [6.45, 7) is 2.74. The van der Waals surface area contributed by atoms with Crippen LogP contribution in [0.1, 0.15) is 26.2 Å². The third-order valence-corrected chi connectivity index (χ3v) is 3.10. The van der Waals surface area contributed by atoms with E-state index < -0.39 is 0 Å². The van der Waals surface area contributed by atoms with Crippen molar-refractivity contribution in [2.45, 2.75) is 26.2 Å². The van der Waals surface area contributed by atoms with Gasteiger partial charge in [-0.1, -0.05) is 6.92 Å². The van der Waals surface area contributed by atoms with Gasteiger partial charge in [-0.05, 0) is 24.7 Å². The maximum absolute atomic E-state index is 11.2. The lowest BCUT2D eigenvalue weighted by Gasteiger charge is -2.20. The van der Waals surface area contributed by atoms with Crippen LogP contribution in [-0.2, 0) is 9.59 Å². The number of carbonyl (C=O) groups excluding carboxylic acids is 2. The highest BCUT2D eigenvalue weighted by Gasteiger charge is 2.44. The van der Waals surface area contributed by atoms with Crippen LogP contribution in [-0.4, -0.2) is 23.3 Å². The van der Waals surface area contributed by atoms with Gasteiger partial charge in [-0.2, -0.15) is 0 Å². The molecule has 1 fully saturated rings. The third-order valence-electron chi connectivity index (χ3n) is 3.10. The SMILES string of the molecule is CCC1(CN2C(=O)C=CC2=O)CC1. The van der Waals surface area contributed by atoms with Crippen molar-refractivity contribution in [3.63, 3.8) is 0 Å². The Labute approximate surface area is 77.4 Å². The third kappa shape index (κ3) is 1.39. The molecule has 2 amide bonds. The summed E-state index contributed by atoms with van der Waals surface area (Å²) < 4.78 is 0. The van der Waals surface area contributed by atoms with E-state index in [2.05, 4.69) is 6.92 Å². The zero-order chi connectivity index (χ0) is 9.47. The summed E-state index contributed by atoms with van der Waals surface area (Å²) in [6, 6.07) is 0. The van der Waals surface area contributed by atoms with Crippen LogP contribution in [0.2, 0.25) is 0 Å². The van der Waals surface area contributed by atoms with E-state index in [0.717, 1.165) is 19.3 Å². The van der Waals surface area contributed by atoms with Crippen LogP contribution >= 0.6 is 0 Å². The Kier molecular flexibility index (Phi) is 1.75. The molecular formula is C10H13NO2. The highest BCUT2D eigenvalue weighted by Crippen LogP contribution is 2.49. The first-order valence-electron chi connectivity index (χ1n) is 4.70. The van der Waals surface area contributed by atoms with Crippen LogP contribution in [0.25, 0.3) is 0 Å². The number of amides is 2. The molecule has 2 rings (SSSR count). The van der Waals surface area contributed by atoms with Gasteiger partial charge in [0.2, 0.25) is 0 Å². The summed E-state index contributed by atoms with van der Waals surface area (Å²) in [6.07, 6.45) is 6.08. The molecule has 0 aromatic heterocycles. The van der Waals surface area contributed by atoms with E-state index in [1.165, 1.54) is 17.1 Å². The Morgan fingerprint density at radius 3 is 2.23 bits per heavy atom. The Bertz CT molecular complexity index is 271. The summed E-state index contributed by atoms with van der Waals surface area (Å²) in [5.41, 5.74) is 0.261. The number of rotatable bonds is 3. The molecule has 3 nitrogen and oxygen atoms in total. The maximum Gasteiger partial charge on any atom is 0.253 e. The molecule has 0 bridgehead atoms. The van der Waals surface area contributed by atoms with Crippen molar-refractivity contribution in [3.05, 3.63) is 12.2 Å². The molecular weight excluding hydrogens is 166 g/mol. The van der Waals surface area contributed by atoms with E-state index in [1.807, 2.05) is 0 Å². The van der Waals surface area contributed by atoms with E-state index in [1.54, 1.807) is 0 Å². The summed E-state index contributed by atoms with van der Waals surface area (Å²) in [5, 5.41) is 0. The largest absolute Gasteiger partial charge is 0.275 e. The van der Waals surface area contributed by atoms with Gasteiger partial charge in [0, 0.05) is 18.7 Å². The first-order valence-corrected chi connectivity index (χ1v) is 4.70. The Morgan fingerprint density at radius 1 is 1.31 bits per heavy atom. The van der Waals surface area contributed by atoms with Gasteiger partial charge in [-0.15, -0.1) is 0 Å². The van der Waals surface area contributed by atoms with Crippen molar-refractivity contribution in [2.75, 3.05) is 6.54 Å². The number of imide groups is 1. The number of carbonyl (C=O) groups is 2. The average molecular weight is 179 g/mol. The molecule has 1 heterocycles. The Hall–Kier alpha value is -1.12. The molecule has 3 heteroatoms. The van der Waals surface area contributed by atoms with Gasteiger partial charge in [-0.3, -0.25) is 14.5 Å². The van der Waals surface area contributed by atoms with Crippen molar-refractivity contribution in [1.29, 1.82) is 0 Å². The first kappa shape index (κ1) is 8.48. The van der Waals surface area contributed by atoms with Crippen molar-refractivity contribution in [1.82, 2.24) is 4.90 Å². The van der Waals surface area contributed by atoms with Gasteiger partial charge in [0.05, 0.1) is 0 Å². The number of hydrogen-bond acceptors (Lipinski definition) is 2. The fourth-order valence-corrected chi connectivity index (χ4v) is 1.72. The highest BCUT2D eigenvalue weighted by atomic mass is 16.2. The molecule has 0 radical (unpaired) electrons. The van der Waals surface area contributed by atoms with Crippen LogP contribution in [0, 0.1) is 5.41 Å². The summed E-state index contributed by atoms with van der Waals surface area (Å²) in [5.74, 6) is -0.297. The molecule has 2 aliphatic rings. The number of nitrogens with zero attached hydrogens (tertiary/aromatic N) is 1. The maximum atomic E-state index is 11.2. The normalized spacial score (nSPS) is 24.2. The molecule has 0 N–H and O–H groups in total. The molecule has 1 aliphatic heterocycles. The van der Waals surface area contributed by atoms with Crippen molar-refractivity contribution in [3.8, 4) is 0 Å². The van der Waals surface area contributed by atoms with Crippen LogP contribution in [0.3, 0.4) is 0 Å². The molecule has 0 saturated heterocycles. The lowest BCUT2D eigenvalue weighted by Crippen LogP contribution is -2.35. The smallest absolute Gasteiger partial charge is 0.253 e. The molecule has 70 valence electrons. The second-order valence-electron chi connectivity index (χ2n) is 3.95. The predicted molar refractivity (Wildman–Crippen MR) is 47.8 cm³/mol. The molecule has 1 aliphatic carbocycles. The molecule has 13 heavy (non-hydrogen) atoms. The van der Waals surface area contributed by atoms with Gasteiger partial charge in [-0.25, -0.2) is 0 Å².